The number of likely N-dealkylation sites (tertiary alicyclic amines) is 1. The van der Waals surface area contributed by atoms with Crippen molar-refractivity contribution >= 4 is 50.7 Å². The molecule has 0 saturated carbocycles. The molecular formula is C39H39N5O5S. The maximum atomic E-state index is 13.5. The van der Waals surface area contributed by atoms with E-state index in [2.05, 4.69) is 20.2 Å². The fourth-order valence-corrected chi connectivity index (χ4v) is 7.91. The average molecular weight is 690 g/mol. The van der Waals surface area contributed by atoms with Crippen LogP contribution in [-0.2, 0) is 17.8 Å². The molecule has 0 radical (unpaired) electrons. The van der Waals surface area contributed by atoms with E-state index in [-0.39, 0.29) is 11.6 Å². The molecule has 7 rings (SSSR count). The zero-order valence-corrected chi connectivity index (χ0v) is 28.7. The van der Waals surface area contributed by atoms with Crippen LogP contribution in [0, 0.1) is 12.8 Å². The van der Waals surface area contributed by atoms with E-state index < -0.39 is 5.97 Å². The van der Waals surface area contributed by atoms with Crippen molar-refractivity contribution in [2.24, 2.45) is 5.92 Å². The number of aldehydes is 1. The smallest absolute Gasteiger partial charge is 0.355 e. The van der Waals surface area contributed by atoms with Crippen LogP contribution in [0.5, 0.6) is 5.75 Å². The highest BCUT2D eigenvalue weighted by Crippen LogP contribution is 2.35. The van der Waals surface area contributed by atoms with Gasteiger partial charge in [0.05, 0.1) is 23.4 Å². The van der Waals surface area contributed by atoms with Gasteiger partial charge in [0, 0.05) is 24.2 Å². The predicted molar refractivity (Wildman–Crippen MR) is 195 cm³/mol. The molecule has 4 heterocycles. The lowest BCUT2D eigenvalue weighted by molar-refractivity contribution is -0.109. The summed E-state index contributed by atoms with van der Waals surface area (Å²) in [5.74, 6) is 0.493. The van der Waals surface area contributed by atoms with E-state index in [4.69, 9.17) is 4.74 Å². The molecule has 2 aromatic heterocycles. The number of aromatic nitrogens is 2. The van der Waals surface area contributed by atoms with Gasteiger partial charge in [0.15, 0.2) is 10.8 Å². The fourth-order valence-electron chi connectivity index (χ4n) is 7.05. The number of benzene rings is 3. The molecule has 5 aromatic rings. The Bertz CT molecular complexity index is 2020. The van der Waals surface area contributed by atoms with E-state index in [9.17, 15) is 19.5 Å². The standard InChI is InChI=1S/C39H39N5O5S/c1-25-28(7-5-10-33(25)49-23-17-26-14-18-43(19-15-26)21-22-45)29-12-13-35(41-36(29)38(47)48)44-20-16-27-6-4-8-30(31(27)24-44)37(46)42-39-40-32-9-2-3-11-34(32)50-39/h2-13,22,26H,14-21,23-24H2,1H3,(H,47,48)(H,40,42,46). The summed E-state index contributed by atoms with van der Waals surface area (Å²) in [6.45, 7) is 5.95. The summed E-state index contributed by atoms with van der Waals surface area (Å²) >= 11 is 1.43. The third kappa shape index (κ3) is 7.10. The van der Waals surface area contributed by atoms with Gasteiger partial charge in [-0.3, -0.25) is 15.0 Å². The second-order valence-corrected chi connectivity index (χ2v) is 13.9. The van der Waals surface area contributed by atoms with Gasteiger partial charge in [0.2, 0.25) is 0 Å². The normalized spacial score (nSPS) is 15.1. The van der Waals surface area contributed by atoms with Gasteiger partial charge in [-0.2, -0.15) is 0 Å². The Kier molecular flexibility index (Phi) is 9.86. The Hall–Kier alpha value is -5.13. The second kappa shape index (κ2) is 14.8. The van der Waals surface area contributed by atoms with Crippen LogP contribution >= 0.6 is 11.3 Å². The Morgan fingerprint density at radius 2 is 1.80 bits per heavy atom. The molecule has 0 unspecified atom stereocenters. The van der Waals surface area contributed by atoms with Crippen LogP contribution in [0.4, 0.5) is 10.9 Å². The molecule has 2 aliphatic heterocycles. The zero-order chi connectivity index (χ0) is 34.6. The fraction of sp³-hybridized carbons (Fsp3) is 0.308. The van der Waals surface area contributed by atoms with Crippen molar-refractivity contribution in [2.45, 2.75) is 39.2 Å². The number of para-hydroxylation sites is 1. The van der Waals surface area contributed by atoms with Gasteiger partial charge in [0.1, 0.15) is 17.9 Å². The van der Waals surface area contributed by atoms with Gasteiger partial charge in [-0.15, -0.1) is 0 Å². The molecule has 1 amide bonds. The average Bonchev–Trinajstić information content (AvgIpc) is 3.55. The molecule has 2 N–H and O–H groups in total. The highest BCUT2D eigenvalue weighted by molar-refractivity contribution is 7.22. The SMILES string of the molecule is Cc1c(OCCC2CCN(CC=O)CC2)cccc1-c1ccc(N2CCc3cccc(C(=O)Nc4nc5ccccc5s4)c3C2)nc1C(=O)O. The Balaban J connectivity index is 1.07. The van der Waals surface area contributed by atoms with Crippen molar-refractivity contribution in [3.8, 4) is 16.9 Å². The zero-order valence-electron chi connectivity index (χ0n) is 27.9. The topological polar surface area (TPSA) is 125 Å². The summed E-state index contributed by atoms with van der Waals surface area (Å²) in [6.07, 6.45) is 4.70. The lowest BCUT2D eigenvalue weighted by Gasteiger charge is -2.31. The van der Waals surface area contributed by atoms with Gasteiger partial charge in [0.25, 0.3) is 5.91 Å². The number of aromatic carboxylic acids is 1. The van der Waals surface area contributed by atoms with E-state index in [0.717, 1.165) is 76.9 Å². The summed E-state index contributed by atoms with van der Waals surface area (Å²) in [7, 11) is 0. The van der Waals surface area contributed by atoms with Crippen molar-refractivity contribution < 1.29 is 24.2 Å². The van der Waals surface area contributed by atoms with E-state index in [1.54, 1.807) is 0 Å². The maximum absolute atomic E-state index is 13.5. The second-order valence-electron chi connectivity index (χ2n) is 12.9. The molecule has 0 aliphatic carbocycles. The third-order valence-corrected chi connectivity index (χ3v) is 10.8. The molecule has 0 atom stereocenters. The van der Waals surface area contributed by atoms with Gasteiger partial charge in [-0.1, -0.05) is 47.7 Å². The lowest BCUT2D eigenvalue weighted by atomic mass is 9.94. The number of hydrogen-bond donors (Lipinski definition) is 2. The molecule has 50 heavy (non-hydrogen) atoms. The van der Waals surface area contributed by atoms with Gasteiger partial charge >= 0.3 is 5.97 Å². The number of carboxylic acids is 1. The molecular weight excluding hydrogens is 651 g/mol. The van der Waals surface area contributed by atoms with Crippen molar-refractivity contribution in [3.63, 3.8) is 0 Å². The summed E-state index contributed by atoms with van der Waals surface area (Å²) in [5, 5.41) is 13.8. The van der Waals surface area contributed by atoms with Crippen molar-refractivity contribution in [1.29, 1.82) is 0 Å². The predicted octanol–water partition coefficient (Wildman–Crippen LogP) is 6.86. The molecule has 10 nitrogen and oxygen atoms in total. The number of anilines is 2. The van der Waals surface area contributed by atoms with E-state index in [1.807, 2.05) is 84.6 Å². The number of carboxylic acid groups (broad SMARTS) is 1. The number of nitrogens with zero attached hydrogens (tertiary/aromatic N) is 4. The number of amides is 1. The van der Waals surface area contributed by atoms with E-state index >= 15 is 0 Å². The Morgan fingerprint density at radius 1 is 0.980 bits per heavy atom. The molecule has 256 valence electrons. The number of rotatable bonds is 11. The number of pyridine rings is 1. The largest absolute Gasteiger partial charge is 0.493 e. The van der Waals surface area contributed by atoms with Gasteiger partial charge in [-0.25, -0.2) is 14.8 Å². The minimum Gasteiger partial charge on any atom is -0.493 e. The molecule has 11 heteroatoms. The van der Waals surface area contributed by atoms with Crippen LogP contribution in [0.1, 0.15) is 56.8 Å². The molecule has 2 aliphatic rings. The Morgan fingerprint density at radius 3 is 2.60 bits per heavy atom. The summed E-state index contributed by atoms with van der Waals surface area (Å²) in [4.78, 5) is 50.4. The summed E-state index contributed by atoms with van der Waals surface area (Å²) < 4.78 is 7.23. The summed E-state index contributed by atoms with van der Waals surface area (Å²) in [5.41, 5.74) is 5.51. The number of carbonyl (C=O) groups is 3. The molecule has 3 aromatic carbocycles. The van der Waals surface area contributed by atoms with Crippen LogP contribution in [0.15, 0.2) is 72.8 Å². The van der Waals surface area contributed by atoms with Crippen molar-refractivity contribution in [2.75, 3.05) is 43.0 Å². The minimum atomic E-state index is -1.11. The number of ether oxygens (including phenoxy) is 1. The highest BCUT2D eigenvalue weighted by Gasteiger charge is 2.26. The van der Waals surface area contributed by atoms with Crippen LogP contribution in [0.25, 0.3) is 21.3 Å². The van der Waals surface area contributed by atoms with Gasteiger partial charge in [-0.05, 0) is 110 Å². The van der Waals surface area contributed by atoms with Crippen LogP contribution in [0.3, 0.4) is 0 Å². The van der Waals surface area contributed by atoms with Crippen LogP contribution < -0.4 is 15.0 Å². The highest BCUT2D eigenvalue weighted by atomic mass is 32.1. The molecule has 0 spiro atoms. The number of fused-ring (bicyclic) bond motifs is 2. The number of hydrogen-bond acceptors (Lipinski definition) is 9. The first kappa shape index (κ1) is 33.4. The lowest BCUT2D eigenvalue weighted by Crippen LogP contribution is -2.35. The molecule has 0 bridgehead atoms. The van der Waals surface area contributed by atoms with Crippen molar-refractivity contribution in [3.05, 3.63) is 101 Å². The molecule has 1 saturated heterocycles. The first-order chi connectivity index (χ1) is 24.4. The number of piperidine rings is 1. The van der Waals surface area contributed by atoms with E-state index in [0.29, 0.717) is 60.7 Å². The number of thiazole rings is 1. The molecule has 1 fully saturated rings. The summed E-state index contributed by atoms with van der Waals surface area (Å²) in [6, 6.07) is 22.9. The van der Waals surface area contributed by atoms with Crippen LogP contribution in [0.2, 0.25) is 0 Å². The first-order valence-corrected chi connectivity index (χ1v) is 17.9. The quantitative estimate of drug-likeness (QED) is 0.143. The minimum absolute atomic E-state index is 0.0301. The number of carbonyl (C=O) groups excluding carboxylic acids is 2. The monoisotopic (exact) mass is 689 g/mol. The van der Waals surface area contributed by atoms with Crippen LogP contribution in [-0.4, -0.2) is 70.9 Å². The Labute approximate surface area is 294 Å². The first-order valence-electron chi connectivity index (χ1n) is 17.0. The van der Waals surface area contributed by atoms with Gasteiger partial charge < -0.3 is 19.5 Å². The number of nitrogens with one attached hydrogen (secondary N) is 1. The third-order valence-electron chi connectivity index (χ3n) is 9.84. The van der Waals surface area contributed by atoms with Crippen molar-refractivity contribution in [1.82, 2.24) is 14.9 Å². The maximum Gasteiger partial charge on any atom is 0.355 e. The van der Waals surface area contributed by atoms with E-state index in [1.165, 1.54) is 11.3 Å².